The van der Waals surface area contributed by atoms with Crippen LogP contribution in [0.15, 0.2) is 0 Å². The van der Waals surface area contributed by atoms with E-state index in [-0.39, 0.29) is 5.41 Å². The molecule has 172 valence electrons. The van der Waals surface area contributed by atoms with Crippen LogP contribution in [0.3, 0.4) is 0 Å². The van der Waals surface area contributed by atoms with E-state index >= 15 is 0 Å². The molecule has 1 fully saturated rings. The average molecular weight is 410 g/mol. The molecule has 0 spiro atoms. The van der Waals surface area contributed by atoms with E-state index in [1.54, 1.807) is 0 Å². The first-order valence-electron chi connectivity index (χ1n) is 13.0. The molecule has 0 radical (unpaired) electrons. The lowest BCUT2D eigenvalue weighted by Gasteiger charge is -2.39. The first-order valence-corrected chi connectivity index (χ1v) is 13.0. The Morgan fingerprint density at radius 3 is 1.90 bits per heavy atom. The zero-order valence-electron chi connectivity index (χ0n) is 19.8. The molecule has 2 N–H and O–H groups in total. The van der Waals surface area contributed by atoms with Gasteiger partial charge in [-0.15, -0.1) is 0 Å². The van der Waals surface area contributed by atoms with Crippen LogP contribution in [0.4, 0.5) is 0 Å². The highest BCUT2D eigenvalue weighted by molar-refractivity contribution is 5.67. The molecule has 0 aliphatic heterocycles. The van der Waals surface area contributed by atoms with Gasteiger partial charge in [0.2, 0.25) is 0 Å². The zero-order valence-corrected chi connectivity index (χ0v) is 19.8. The summed E-state index contributed by atoms with van der Waals surface area (Å²) in [6.45, 7) is 6.51. The SMILES string of the molecule is CCCCCCCCCCCCCCCCNCC1(CC(=O)O)CCCC(C)C1. The summed E-state index contributed by atoms with van der Waals surface area (Å²) in [4.78, 5) is 11.3. The van der Waals surface area contributed by atoms with Crippen LogP contribution in [0.5, 0.6) is 0 Å². The van der Waals surface area contributed by atoms with E-state index in [0.717, 1.165) is 25.9 Å². The van der Waals surface area contributed by atoms with E-state index in [1.165, 1.54) is 103 Å². The quantitative estimate of drug-likeness (QED) is 0.215. The van der Waals surface area contributed by atoms with E-state index in [9.17, 15) is 9.90 Å². The molecule has 1 saturated carbocycles. The molecule has 0 saturated heterocycles. The van der Waals surface area contributed by atoms with Gasteiger partial charge in [0.25, 0.3) is 0 Å². The Balaban J connectivity index is 1.91. The van der Waals surface area contributed by atoms with Crippen LogP contribution in [0.25, 0.3) is 0 Å². The summed E-state index contributed by atoms with van der Waals surface area (Å²) >= 11 is 0. The fraction of sp³-hybridized carbons (Fsp3) is 0.962. The van der Waals surface area contributed by atoms with Crippen LogP contribution in [0.2, 0.25) is 0 Å². The van der Waals surface area contributed by atoms with Gasteiger partial charge < -0.3 is 10.4 Å². The van der Waals surface area contributed by atoms with Crippen molar-refractivity contribution in [2.24, 2.45) is 11.3 Å². The van der Waals surface area contributed by atoms with Crippen LogP contribution < -0.4 is 5.32 Å². The van der Waals surface area contributed by atoms with Gasteiger partial charge in [0, 0.05) is 6.54 Å². The number of unbranched alkanes of at least 4 members (excludes halogenated alkanes) is 13. The highest BCUT2D eigenvalue weighted by Crippen LogP contribution is 2.41. The second-order valence-electron chi connectivity index (χ2n) is 10.0. The number of hydrogen-bond acceptors (Lipinski definition) is 2. The molecular weight excluding hydrogens is 358 g/mol. The summed E-state index contributed by atoms with van der Waals surface area (Å²) in [6.07, 6.45) is 24.5. The molecule has 29 heavy (non-hydrogen) atoms. The Labute approximate surface area is 181 Å². The zero-order chi connectivity index (χ0) is 21.2. The maximum atomic E-state index is 11.3. The lowest BCUT2D eigenvalue weighted by Crippen LogP contribution is -2.40. The summed E-state index contributed by atoms with van der Waals surface area (Å²) in [5.74, 6) is 0.0448. The maximum Gasteiger partial charge on any atom is 0.303 e. The van der Waals surface area contributed by atoms with Gasteiger partial charge in [-0.2, -0.15) is 0 Å². The molecule has 0 aromatic carbocycles. The number of nitrogens with one attached hydrogen (secondary N) is 1. The number of hydrogen-bond donors (Lipinski definition) is 2. The molecular formula is C26H51NO2. The highest BCUT2D eigenvalue weighted by Gasteiger charge is 2.36. The minimum absolute atomic E-state index is 0.000495. The summed E-state index contributed by atoms with van der Waals surface area (Å²) in [7, 11) is 0. The Hall–Kier alpha value is -0.570. The molecule has 0 heterocycles. The van der Waals surface area contributed by atoms with Gasteiger partial charge in [-0.3, -0.25) is 4.79 Å². The van der Waals surface area contributed by atoms with Crippen molar-refractivity contribution in [3.63, 3.8) is 0 Å². The molecule has 1 aliphatic rings. The van der Waals surface area contributed by atoms with E-state index in [1.807, 2.05) is 0 Å². The molecule has 3 nitrogen and oxygen atoms in total. The average Bonchev–Trinajstić information content (AvgIpc) is 2.67. The normalized spacial score (nSPS) is 22.1. The monoisotopic (exact) mass is 409 g/mol. The first-order chi connectivity index (χ1) is 14.1. The second-order valence-corrected chi connectivity index (χ2v) is 10.0. The Kier molecular flexibility index (Phi) is 15.6. The predicted molar refractivity (Wildman–Crippen MR) is 125 cm³/mol. The number of carboxylic acid groups (broad SMARTS) is 1. The number of aliphatic carboxylic acids is 1. The second kappa shape index (κ2) is 17.1. The molecule has 0 aromatic heterocycles. The maximum absolute atomic E-state index is 11.3. The lowest BCUT2D eigenvalue weighted by molar-refractivity contribution is -0.140. The van der Waals surface area contributed by atoms with Gasteiger partial charge in [-0.25, -0.2) is 0 Å². The van der Waals surface area contributed by atoms with Crippen molar-refractivity contribution < 1.29 is 9.90 Å². The molecule has 1 aliphatic carbocycles. The minimum Gasteiger partial charge on any atom is -0.481 e. The van der Waals surface area contributed by atoms with Gasteiger partial charge in [0.15, 0.2) is 0 Å². The van der Waals surface area contributed by atoms with Gasteiger partial charge in [0.05, 0.1) is 6.42 Å². The van der Waals surface area contributed by atoms with E-state index in [4.69, 9.17) is 0 Å². The van der Waals surface area contributed by atoms with E-state index in [0.29, 0.717) is 12.3 Å². The van der Waals surface area contributed by atoms with Crippen LogP contribution in [0, 0.1) is 11.3 Å². The summed E-state index contributed by atoms with van der Waals surface area (Å²) in [6, 6.07) is 0. The molecule has 2 atom stereocenters. The van der Waals surface area contributed by atoms with Gasteiger partial charge in [-0.1, -0.05) is 110 Å². The third-order valence-corrected chi connectivity index (χ3v) is 6.92. The molecule has 0 aromatic rings. The van der Waals surface area contributed by atoms with Crippen molar-refractivity contribution in [3.05, 3.63) is 0 Å². The summed E-state index contributed by atoms with van der Waals surface area (Å²) in [5.41, 5.74) is -0.000495. The fourth-order valence-corrected chi connectivity index (χ4v) is 5.27. The summed E-state index contributed by atoms with van der Waals surface area (Å²) in [5, 5.41) is 12.9. The Bertz CT molecular complexity index is 398. The van der Waals surface area contributed by atoms with Crippen molar-refractivity contribution in [1.29, 1.82) is 0 Å². The van der Waals surface area contributed by atoms with Crippen molar-refractivity contribution in [3.8, 4) is 0 Å². The highest BCUT2D eigenvalue weighted by atomic mass is 16.4. The largest absolute Gasteiger partial charge is 0.481 e. The number of carbonyl (C=O) groups is 1. The smallest absolute Gasteiger partial charge is 0.303 e. The van der Waals surface area contributed by atoms with Crippen LogP contribution >= 0.6 is 0 Å². The molecule has 0 amide bonds. The van der Waals surface area contributed by atoms with E-state index < -0.39 is 5.97 Å². The van der Waals surface area contributed by atoms with Crippen LogP contribution in [-0.2, 0) is 4.79 Å². The standard InChI is InChI=1S/C26H51NO2/c1-3-4-5-6-7-8-9-10-11-12-13-14-15-16-20-27-23-26(22-25(28)29)19-17-18-24(2)21-26/h24,27H,3-23H2,1-2H3,(H,28,29). The molecule has 1 rings (SSSR count). The number of rotatable bonds is 19. The third-order valence-electron chi connectivity index (χ3n) is 6.92. The van der Waals surface area contributed by atoms with Gasteiger partial charge in [-0.05, 0) is 37.1 Å². The van der Waals surface area contributed by atoms with Crippen LogP contribution in [0.1, 0.15) is 136 Å². The van der Waals surface area contributed by atoms with Gasteiger partial charge in [0.1, 0.15) is 0 Å². The topological polar surface area (TPSA) is 49.3 Å². The minimum atomic E-state index is -0.627. The molecule has 0 bridgehead atoms. The van der Waals surface area contributed by atoms with Crippen LogP contribution in [-0.4, -0.2) is 24.2 Å². The predicted octanol–water partition coefficient (Wildman–Crippen LogP) is 7.73. The fourth-order valence-electron chi connectivity index (χ4n) is 5.27. The summed E-state index contributed by atoms with van der Waals surface area (Å²) < 4.78 is 0. The molecule has 2 unspecified atom stereocenters. The van der Waals surface area contributed by atoms with Crippen molar-refractivity contribution in [2.75, 3.05) is 13.1 Å². The van der Waals surface area contributed by atoms with Crippen molar-refractivity contribution in [1.82, 2.24) is 5.32 Å². The van der Waals surface area contributed by atoms with E-state index in [2.05, 4.69) is 19.2 Å². The Morgan fingerprint density at radius 2 is 1.41 bits per heavy atom. The lowest BCUT2D eigenvalue weighted by atomic mass is 9.68. The number of carboxylic acids is 1. The van der Waals surface area contributed by atoms with Crippen molar-refractivity contribution >= 4 is 5.97 Å². The van der Waals surface area contributed by atoms with Crippen molar-refractivity contribution in [2.45, 2.75) is 136 Å². The molecule has 3 heteroatoms. The third kappa shape index (κ3) is 14.1. The van der Waals surface area contributed by atoms with Gasteiger partial charge >= 0.3 is 5.97 Å². The first kappa shape index (κ1) is 26.5. The Morgan fingerprint density at radius 1 is 0.897 bits per heavy atom.